The number of nitrogens with one attached hydrogen (secondary N) is 2. The number of carbonyl (C=O) groups excluding carboxylic acids is 1. The molecule has 238 valence electrons. The molecule has 9 heteroatoms. The van der Waals surface area contributed by atoms with Crippen molar-refractivity contribution in [2.24, 2.45) is 0 Å². The van der Waals surface area contributed by atoms with Crippen molar-refractivity contribution in [1.29, 1.82) is 0 Å². The van der Waals surface area contributed by atoms with Crippen LogP contribution in [0.3, 0.4) is 0 Å². The standard InChI is InChI=1S/C34H45F2N3O2.2ClH/c1-6-7-11-39(5)22-27-12-24(4)13-29(15-27)34(41)38-32(18-26-16-30(35)19-31(36)17-26)33(40)21-37-20-25-9-8-10-28(14-25)23(2)3;;/h8-10,12-17,19,23,32-33,37,40H,6-7,11,18,20-22H2,1-5H3,(H,38,41);2*1H/t32-,33-;;/m0../s1. The van der Waals surface area contributed by atoms with Crippen molar-refractivity contribution >= 4 is 30.7 Å². The number of aliphatic hydroxyl groups is 1. The van der Waals surface area contributed by atoms with Gasteiger partial charge in [0.1, 0.15) is 11.6 Å². The van der Waals surface area contributed by atoms with Crippen molar-refractivity contribution in [3.8, 4) is 0 Å². The summed E-state index contributed by atoms with van der Waals surface area (Å²) in [6.07, 6.45) is 1.30. The van der Waals surface area contributed by atoms with E-state index in [1.54, 1.807) is 0 Å². The van der Waals surface area contributed by atoms with E-state index in [0.29, 0.717) is 23.6 Å². The fourth-order valence-corrected chi connectivity index (χ4v) is 4.99. The predicted octanol–water partition coefficient (Wildman–Crippen LogP) is 6.96. The molecule has 0 unspecified atom stereocenters. The summed E-state index contributed by atoms with van der Waals surface area (Å²) >= 11 is 0. The summed E-state index contributed by atoms with van der Waals surface area (Å²) in [4.78, 5) is 15.7. The zero-order valence-electron chi connectivity index (χ0n) is 25.8. The van der Waals surface area contributed by atoms with E-state index >= 15 is 0 Å². The van der Waals surface area contributed by atoms with Crippen LogP contribution in [0, 0.1) is 18.6 Å². The van der Waals surface area contributed by atoms with Crippen LogP contribution in [0.15, 0.2) is 60.7 Å². The molecule has 3 rings (SSSR count). The molecular formula is C34H47Cl2F2N3O2. The van der Waals surface area contributed by atoms with Crippen LogP contribution in [-0.4, -0.2) is 48.2 Å². The summed E-state index contributed by atoms with van der Waals surface area (Å²) < 4.78 is 27.9. The Morgan fingerprint density at radius 2 is 1.65 bits per heavy atom. The quantitative estimate of drug-likeness (QED) is 0.168. The van der Waals surface area contributed by atoms with E-state index < -0.39 is 23.8 Å². The number of aliphatic hydroxyl groups excluding tert-OH is 1. The van der Waals surface area contributed by atoms with Gasteiger partial charge >= 0.3 is 0 Å². The zero-order valence-corrected chi connectivity index (χ0v) is 27.5. The van der Waals surface area contributed by atoms with Gasteiger partial charge in [-0.05, 0) is 85.8 Å². The molecule has 2 atom stereocenters. The number of aryl methyl sites for hydroxylation is 1. The molecule has 0 fully saturated rings. The molecule has 3 N–H and O–H groups in total. The van der Waals surface area contributed by atoms with Crippen molar-refractivity contribution < 1.29 is 18.7 Å². The minimum atomic E-state index is -0.997. The second-order valence-corrected chi connectivity index (χ2v) is 11.5. The lowest BCUT2D eigenvalue weighted by Gasteiger charge is -2.25. The first-order chi connectivity index (χ1) is 19.5. The molecule has 3 aromatic carbocycles. The first kappa shape index (κ1) is 38.5. The highest BCUT2D eigenvalue weighted by molar-refractivity contribution is 5.94. The van der Waals surface area contributed by atoms with Gasteiger partial charge in [-0.15, -0.1) is 24.8 Å². The lowest BCUT2D eigenvalue weighted by Crippen LogP contribution is -2.48. The zero-order chi connectivity index (χ0) is 29.9. The fraction of sp³-hybridized carbons (Fsp3) is 0.441. The number of hydrogen-bond donors (Lipinski definition) is 3. The molecule has 3 aromatic rings. The molecule has 43 heavy (non-hydrogen) atoms. The first-order valence-electron chi connectivity index (χ1n) is 14.6. The Hall–Kier alpha value is -2.55. The number of unbranched alkanes of at least 4 members (excludes halogenated alkanes) is 1. The maximum atomic E-state index is 14.0. The Balaban J connectivity index is 0.00000462. The third-order valence-corrected chi connectivity index (χ3v) is 7.20. The Bertz CT molecular complexity index is 1270. The van der Waals surface area contributed by atoms with Crippen LogP contribution in [0.5, 0.6) is 0 Å². The molecule has 0 bridgehead atoms. The molecule has 0 spiro atoms. The Morgan fingerprint density at radius 1 is 0.953 bits per heavy atom. The summed E-state index contributed by atoms with van der Waals surface area (Å²) in [5.74, 6) is -1.32. The summed E-state index contributed by atoms with van der Waals surface area (Å²) in [5.41, 5.74) is 5.17. The topological polar surface area (TPSA) is 64.6 Å². The number of rotatable bonds is 15. The van der Waals surface area contributed by atoms with Gasteiger partial charge < -0.3 is 20.6 Å². The minimum Gasteiger partial charge on any atom is -0.390 e. The van der Waals surface area contributed by atoms with E-state index in [0.717, 1.165) is 48.7 Å². The Morgan fingerprint density at radius 3 is 2.30 bits per heavy atom. The third kappa shape index (κ3) is 12.9. The largest absolute Gasteiger partial charge is 0.390 e. The fourth-order valence-electron chi connectivity index (χ4n) is 4.99. The second kappa shape index (κ2) is 19.0. The molecule has 0 aliphatic rings. The molecule has 0 aliphatic heterocycles. The molecule has 0 saturated carbocycles. The normalized spacial score (nSPS) is 12.4. The average Bonchev–Trinajstić information content (AvgIpc) is 2.90. The highest BCUT2D eigenvalue weighted by Crippen LogP contribution is 2.17. The van der Waals surface area contributed by atoms with Gasteiger partial charge in [0.25, 0.3) is 5.91 Å². The van der Waals surface area contributed by atoms with Crippen molar-refractivity contribution in [1.82, 2.24) is 15.5 Å². The number of carbonyl (C=O) groups is 1. The summed E-state index contributed by atoms with van der Waals surface area (Å²) in [6.45, 7) is 10.8. The Kier molecular flexibility index (Phi) is 17.0. The number of halogens is 4. The summed E-state index contributed by atoms with van der Waals surface area (Å²) in [5, 5.41) is 17.4. The van der Waals surface area contributed by atoms with E-state index in [2.05, 4.69) is 61.6 Å². The van der Waals surface area contributed by atoms with Crippen LogP contribution in [0.4, 0.5) is 8.78 Å². The highest BCUT2D eigenvalue weighted by Gasteiger charge is 2.23. The SMILES string of the molecule is CCCCN(C)Cc1cc(C)cc(C(=O)N[C@@H](Cc2cc(F)cc(F)c2)[C@@H](O)CNCc2cccc(C(C)C)c2)c1.Cl.Cl. The van der Waals surface area contributed by atoms with Gasteiger partial charge in [0, 0.05) is 31.3 Å². The number of nitrogens with zero attached hydrogens (tertiary/aromatic N) is 1. The van der Waals surface area contributed by atoms with Gasteiger partial charge in [-0.3, -0.25) is 4.79 Å². The van der Waals surface area contributed by atoms with Crippen LogP contribution in [-0.2, 0) is 19.5 Å². The number of hydrogen-bond acceptors (Lipinski definition) is 4. The van der Waals surface area contributed by atoms with E-state index in [-0.39, 0.29) is 43.7 Å². The third-order valence-electron chi connectivity index (χ3n) is 7.20. The molecule has 0 radical (unpaired) electrons. The maximum absolute atomic E-state index is 14.0. The molecule has 5 nitrogen and oxygen atoms in total. The lowest BCUT2D eigenvalue weighted by molar-refractivity contribution is 0.0829. The van der Waals surface area contributed by atoms with Gasteiger partial charge in [0.05, 0.1) is 12.1 Å². The van der Waals surface area contributed by atoms with E-state index in [1.807, 2.05) is 31.2 Å². The van der Waals surface area contributed by atoms with Gasteiger partial charge in [-0.1, -0.05) is 63.1 Å². The number of benzene rings is 3. The van der Waals surface area contributed by atoms with Crippen molar-refractivity contribution in [2.45, 2.75) is 78.1 Å². The smallest absolute Gasteiger partial charge is 0.251 e. The van der Waals surface area contributed by atoms with Gasteiger partial charge in [0.2, 0.25) is 0 Å². The monoisotopic (exact) mass is 637 g/mol. The summed E-state index contributed by atoms with van der Waals surface area (Å²) in [7, 11) is 2.06. The van der Waals surface area contributed by atoms with Crippen LogP contribution in [0.2, 0.25) is 0 Å². The molecule has 0 aliphatic carbocycles. The van der Waals surface area contributed by atoms with Crippen molar-refractivity contribution in [3.63, 3.8) is 0 Å². The summed E-state index contributed by atoms with van der Waals surface area (Å²) in [6, 6.07) is 16.5. The van der Waals surface area contributed by atoms with Gasteiger partial charge in [0.15, 0.2) is 0 Å². The van der Waals surface area contributed by atoms with Crippen LogP contribution < -0.4 is 10.6 Å². The van der Waals surface area contributed by atoms with Crippen LogP contribution in [0.1, 0.15) is 77.7 Å². The van der Waals surface area contributed by atoms with Crippen LogP contribution in [0.25, 0.3) is 0 Å². The molecule has 0 aromatic heterocycles. The first-order valence-corrected chi connectivity index (χ1v) is 14.6. The highest BCUT2D eigenvalue weighted by atomic mass is 35.5. The predicted molar refractivity (Wildman–Crippen MR) is 176 cm³/mol. The van der Waals surface area contributed by atoms with Gasteiger partial charge in [-0.25, -0.2) is 8.78 Å². The Labute approximate surface area is 268 Å². The lowest BCUT2D eigenvalue weighted by atomic mass is 9.99. The maximum Gasteiger partial charge on any atom is 0.251 e. The molecule has 0 saturated heterocycles. The van der Waals surface area contributed by atoms with Gasteiger partial charge in [-0.2, -0.15) is 0 Å². The molecular weight excluding hydrogens is 591 g/mol. The van der Waals surface area contributed by atoms with E-state index in [9.17, 15) is 18.7 Å². The van der Waals surface area contributed by atoms with Crippen molar-refractivity contribution in [3.05, 3.63) is 106 Å². The minimum absolute atomic E-state index is 0. The van der Waals surface area contributed by atoms with E-state index in [4.69, 9.17) is 0 Å². The second-order valence-electron chi connectivity index (χ2n) is 11.5. The average molecular weight is 639 g/mol. The van der Waals surface area contributed by atoms with Crippen LogP contribution >= 0.6 is 24.8 Å². The molecule has 1 amide bonds. The van der Waals surface area contributed by atoms with E-state index in [1.165, 1.54) is 17.7 Å². The number of amides is 1. The van der Waals surface area contributed by atoms with Crippen molar-refractivity contribution in [2.75, 3.05) is 20.1 Å². The molecule has 0 heterocycles.